The largest absolute Gasteiger partial charge is 0.692 e. The molecule has 6 nitrogen and oxygen atoms in total. The lowest BCUT2D eigenvalue weighted by molar-refractivity contribution is 0.405. The summed E-state index contributed by atoms with van der Waals surface area (Å²) in [4.78, 5) is 14.2. The first-order valence-electron chi connectivity index (χ1n) is 2.31. The average Bonchev–Trinajstić information content (AvgIpc) is 1.90. The molecule has 0 atom stereocenters. The highest BCUT2D eigenvalue weighted by atomic mass is 31.1. The molecular formula is H5B3N3O3P+. The number of hydrogen-bond donors (Lipinski definition) is 5. The van der Waals surface area contributed by atoms with Crippen LogP contribution in [0.2, 0.25) is 0 Å². The zero-order valence-corrected chi connectivity index (χ0v) is 5.88. The molecule has 0 aromatic heterocycles. The van der Waals surface area contributed by atoms with Crippen LogP contribution < -0.4 is 15.4 Å². The van der Waals surface area contributed by atoms with Crippen molar-refractivity contribution in [1.82, 2.24) is 15.4 Å². The van der Waals surface area contributed by atoms with Crippen molar-refractivity contribution in [3.8, 4) is 0 Å². The Bertz CT molecular complexity index is 81.5. The predicted molar refractivity (Wildman–Crippen MR) is 38.7 cm³/mol. The van der Waals surface area contributed by atoms with Crippen LogP contribution >= 0.6 is 8.25 Å². The van der Waals surface area contributed by atoms with Crippen LogP contribution in [-0.2, 0) is 4.57 Å². The highest BCUT2D eigenvalue weighted by Gasteiger charge is 1.98. The van der Waals surface area contributed by atoms with E-state index in [1.165, 1.54) is 0 Å². The van der Waals surface area contributed by atoms with Gasteiger partial charge in [0.15, 0.2) is 0 Å². The molecule has 1 aliphatic heterocycles. The summed E-state index contributed by atoms with van der Waals surface area (Å²) in [5.41, 5.74) is 0. The van der Waals surface area contributed by atoms with Gasteiger partial charge < -0.3 is 15.4 Å². The van der Waals surface area contributed by atoms with Gasteiger partial charge in [0.1, 0.15) is 0 Å². The van der Waals surface area contributed by atoms with Crippen LogP contribution in [0.3, 0.4) is 0 Å². The summed E-state index contributed by atoms with van der Waals surface area (Å²) in [6, 6.07) is 0. The molecule has 10 heteroatoms. The number of nitrogens with one attached hydrogen (secondary N) is 3. The monoisotopic (exact) mass is 159 g/mol. The van der Waals surface area contributed by atoms with Gasteiger partial charge >= 0.3 is 8.25 Å². The molecule has 1 fully saturated rings. The summed E-state index contributed by atoms with van der Waals surface area (Å²) in [7, 11) is 2.29. The van der Waals surface area contributed by atoms with Gasteiger partial charge in [-0.1, -0.05) is 0 Å². The third kappa shape index (κ3) is 11.0. The van der Waals surface area contributed by atoms with Crippen molar-refractivity contribution in [3.63, 3.8) is 0 Å². The Morgan fingerprint density at radius 2 is 1.20 bits per heavy atom. The SMILES string of the molecule is O=[P+](O)O.[B]1N[B]N[B]N1. The standard InChI is InChI=1S/B3H3N3.HO3P/c1-4-2-6-3-5-1;1-4(2)3/h4-6H;(H-,1,2,3)/p+1. The van der Waals surface area contributed by atoms with Crippen LogP contribution in [0.5, 0.6) is 0 Å². The van der Waals surface area contributed by atoms with Gasteiger partial charge in [-0.05, 0) is 0 Å². The van der Waals surface area contributed by atoms with Crippen molar-refractivity contribution in [2.24, 2.45) is 0 Å². The van der Waals surface area contributed by atoms with Gasteiger partial charge in [0.05, 0.1) is 0 Å². The van der Waals surface area contributed by atoms with Gasteiger partial charge in [0, 0.05) is 4.57 Å². The van der Waals surface area contributed by atoms with E-state index in [2.05, 4.69) is 15.4 Å². The van der Waals surface area contributed by atoms with E-state index in [9.17, 15) is 0 Å². The van der Waals surface area contributed by atoms with Crippen LogP contribution in [-0.4, -0.2) is 32.4 Å². The summed E-state index contributed by atoms with van der Waals surface area (Å²) in [6.07, 6.45) is 0. The van der Waals surface area contributed by atoms with Crippen molar-refractivity contribution in [2.45, 2.75) is 0 Å². The van der Waals surface area contributed by atoms with E-state index in [0.717, 1.165) is 0 Å². The molecule has 10 heavy (non-hydrogen) atoms. The minimum atomic E-state index is -2.87. The Hall–Kier alpha value is 0.0948. The maximum atomic E-state index is 8.70. The van der Waals surface area contributed by atoms with Crippen LogP contribution in [0.15, 0.2) is 0 Å². The quantitative estimate of drug-likeness (QED) is 0.191. The van der Waals surface area contributed by atoms with Gasteiger partial charge in [0.2, 0.25) is 0 Å². The minimum Gasteiger partial charge on any atom is -0.379 e. The zero-order valence-electron chi connectivity index (χ0n) is 4.98. The Kier molecular flexibility index (Phi) is 7.27. The van der Waals surface area contributed by atoms with Crippen molar-refractivity contribution < 1.29 is 14.4 Å². The molecule has 1 rings (SSSR count). The highest BCUT2D eigenvalue weighted by molar-refractivity contribution is 7.30. The van der Waals surface area contributed by atoms with Gasteiger partial charge in [-0.2, -0.15) is 0 Å². The fourth-order valence-electron chi connectivity index (χ4n) is 0.269. The molecule has 1 heterocycles. The second-order valence-electron chi connectivity index (χ2n) is 1.19. The average molecular weight is 158 g/mol. The van der Waals surface area contributed by atoms with Crippen LogP contribution in [0.1, 0.15) is 0 Å². The molecule has 0 spiro atoms. The molecule has 3 radical (unpaired) electrons. The number of rotatable bonds is 0. The van der Waals surface area contributed by atoms with E-state index in [1.54, 1.807) is 22.6 Å². The van der Waals surface area contributed by atoms with Crippen LogP contribution in [0, 0.1) is 0 Å². The van der Waals surface area contributed by atoms with Crippen molar-refractivity contribution in [1.29, 1.82) is 0 Å². The molecule has 0 aromatic rings. The smallest absolute Gasteiger partial charge is 0.379 e. The molecule has 51 valence electrons. The molecule has 1 aliphatic rings. The molecule has 0 bridgehead atoms. The normalized spacial score (nSPS) is 14.6. The van der Waals surface area contributed by atoms with E-state index >= 15 is 0 Å². The second-order valence-corrected chi connectivity index (χ2v) is 1.69. The van der Waals surface area contributed by atoms with Crippen molar-refractivity contribution in [2.75, 3.05) is 0 Å². The lowest BCUT2D eigenvalue weighted by atomic mass is 9.85. The first-order valence-corrected chi connectivity index (χ1v) is 3.48. The van der Waals surface area contributed by atoms with Crippen LogP contribution in [0.25, 0.3) is 0 Å². The summed E-state index contributed by atoms with van der Waals surface area (Å²) >= 11 is 0. The molecule has 1 saturated heterocycles. The minimum absolute atomic E-state index is 1.72. The first-order chi connectivity index (χ1) is 4.73. The highest BCUT2D eigenvalue weighted by Crippen LogP contribution is 1.98. The molecule has 0 aromatic carbocycles. The van der Waals surface area contributed by atoms with E-state index in [1.807, 2.05) is 0 Å². The summed E-state index contributed by atoms with van der Waals surface area (Å²) in [6.45, 7) is 0. The third-order valence-electron chi connectivity index (χ3n) is 0.500. The Morgan fingerprint density at radius 1 is 1.00 bits per heavy atom. The van der Waals surface area contributed by atoms with Crippen molar-refractivity contribution in [3.05, 3.63) is 0 Å². The Morgan fingerprint density at radius 3 is 1.30 bits per heavy atom. The third-order valence-corrected chi connectivity index (χ3v) is 0.500. The summed E-state index contributed by atoms with van der Waals surface area (Å²) in [5.74, 6) is 0. The second kappa shape index (κ2) is 7.20. The van der Waals surface area contributed by atoms with E-state index in [4.69, 9.17) is 14.4 Å². The van der Waals surface area contributed by atoms with E-state index in [0.29, 0.717) is 0 Å². The number of hydrogen-bond acceptors (Lipinski definition) is 4. The zero-order chi connectivity index (χ0) is 7.82. The Balaban J connectivity index is 0.000000180. The van der Waals surface area contributed by atoms with E-state index < -0.39 is 8.25 Å². The molecule has 0 unspecified atom stereocenters. The topological polar surface area (TPSA) is 93.6 Å². The molecule has 0 amide bonds. The predicted octanol–water partition coefficient (Wildman–Crippen LogP) is -3.00. The first kappa shape index (κ1) is 10.1. The summed E-state index contributed by atoms with van der Waals surface area (Å²) in [5, 5.41) is 8.34. The van der Waals surface area contributed by atoms with Gasteiger partial charge in [0.25, 0.3) is 22.6 Å². The lowest BCUT2D eigenvalue weighted by Crippen LogP contribution is -2.55. The van der Waals surface area contributed by atoms with Crippen molar-refractivity contribution >= 4 is 30.9 Å². The molecule has 5 N–H and O–H groups in total. The fourth-order valence-corrected chi connectivity index (χ4v) is 0.269. The Labute approximate surface area is 61.6 Å². The molecule has 0 aliphatic carbocycles. The van der Waals surface area contributed by atoms with Gasteiger partial charge in [-0.3, -0.25) is 0 Å². The van der Waals surface area contributed by atoms with E-state index in [-0.39, 0.29) is 0 Å². The van der Waals surface area contributed by atoms with Gasteiger partial charge in [-0.15, -0.1) is 9.79 Å². The van der Waals surface area contributed by atoms with Gasteiger partial charge in [-0.25, -0.2) is 0 Å². The maximum absolute atomic E-state index is 8.70. The fraction of sp³-hybridized carbons (Fsp3) is 0. The van der Waals surface area contributed by atoms with Crippen LogP contribution in [0.4, 0.5) is 0 Å². The maximum Gasteiger partial charge on any atom is 0.692 e. The lowest BCUT2D eigenvalue weighted by Gasteiger charge is -2.07. The summed E-state index contributed by atoms with van der Waals surface area (Å²) < 4.78 is 8.70. The molecule has 0 saturated carbocycles. The molecular weight excluding hydrogens is 153 g/mol.